The van der Waals surface area contributed by atoms with Crippen LogP contribution >= 0.6 is 0 Å². The average molecular weight is 259 g/mol. The summed E-state index contributed by atoms with van der Waals surface area (Å²) in [5, 5.41) is 17.6. The number of methoxy groups -OCH3 is 1. The van der Waals surface area contributed by atoms with Crippen molar-refractivity contribution in [2.24, 2.45) is 0 Å². The lowest BCUT2D eigenvalue weighted by molar-refractivity contribution is 0.0656. The topological polar surface area (TPSA) is 109 Å². The van der Waals surface area contributed by atoms with Gasteiger partial charge < -0.3 is 14.3 Å². The van der Waals surface area contributed by atoms with Gasteiger partial charge in [0, 0.05) is 13.3 Å². The first kappa shape index (κ1) is 12.7. The van der Waals surface area contributed by atoms with Crippen molar-refractivity contribution < 1.29 is 19.1 Å². The third kappa shape index (κ3) is 2.59. The van der Waals surface area contributed by atoms with E-state index in [-0.39, 0.29) is 24.0 Å². The standard InChI is InChI=1S/C12H9N3O4/c1-18-6-9-10(12(16)17)19-11(15-9)8-3-2-7(4-13)5-14-8/h2-3,5H,6H2,1H3,(H,16,17). The normalized spacial score (nSPS) is 10.1. The van der Waals surface area contributed by atoms with E-state index in [9.17, 15) is 4.79 Å². The molecule has 1 N–H and O–H groups in total. The molecule has 0 fully saturated rings. The summed E-state index contributed by atoms with van der Waals surface area (Å²) < 4.78 is 10.0. The zero-order valence-electron chi connectivity index (χ0n) is 9.95. The molecule has 0 amide bonds. The molecule has 0 saturated carbocycles. The Morgan fingerprint density at radius 1 is 1.58 bits per heavy atom. The minimum Gasteiger partial charge on any atom is -0.475 e. The highest BCUT2D eigenvalue weighted by molar-refractivity contribution is 5.86. The van der Waals surface area contributed by atoms with Gasteiger partial charge in [-0.3, -0.25) is 0 Å². The molecule has 2 heterocycles. The number of pyridine rings is 1. The summed E-state index contributed by atoms with van der Waals surface area (Å²) in [6.07, 6.45) is 1.36. The quantitative estimate of drug-likeness (QED) is 0.884. The van der Waals surface area contributed by atoms with Crippen LogP contribution in [0.4, 0.5) is 0 Å². The Labute approximate surface area is 108 Å². The number of carboxylic acid groups (broad SMARTS) is 1. The summed E-state index contributed by atoms with van der Waals surface area (Å²) in [6, 6.07) is 5.01. The van der Waals surface area contributed by atoms with E-state index in [2.05, 4.69) is 9.97 Å². The van der Waals surface area contributed by atoms with Gasteiger partial charge in [-0.1, -0.05) is 0 Å². The molecule has 0 bridgehead atoms. The van der Waals surface area contributed by atoms with Gasteiger partial charge in [0.05, 0.1) is 12.2 Å². The number of hydrogen-bond donors (Lipinski definition) is 1. The number of hydrogen-bond acceptors (Lipinski definition) is 6. The van der Waals surface area contributed by atoms with E-state index in [0.717, 1.165) is 0 Å². The van der Waals surface area contributed by atoms with Crippen LogP contribution in [-0.4, -0.2) is 28.2 Å². The van der Waals surface area contributed by atoms with Gasteiger partial charge in [0.2, 0.25) is 11.7 Å². The highest BCUT2D eigenvalue weighted by Gasteiger charge is 2.20. The van der Waals surface area contributed by atoms with Crippen LogP contribution in [0.15, 0.2) is 22.7 Å². The van der Waals surface area contributed by atoms with E-state index in [1.807, 2.05) is 6.07 Å². The minimum atomic E-state index is -1.22. The van der Waals surface area contributed by atoms with Gasteiger partial charge in [-0.2, -0.15) is 5.26 Å². The lowest BCUT2D eigenvalue weighted by atomic mass is 10.3. The van der Waals surface area contributed by atoms with E-state index in [0.29, 0.717) is 11.3 Å². The average Bonchev–Trinajstić information content (AvgIpc) is 2.83. The second-order valence-corrected chi connectivity index (χ2v) is 3.58. The molecule has 0 aliphatic rings. The van der Waals surface area contributed by atoms with Crippen molar-refractivity contribution in [2.45, 2.75) is 6.61 Å². The maximum Gasteiger partial charge on any atom is 0.373 e. The molecule has 7 nitrogen and oxygen atoms in total. The molecule has 7 heteroatoms. The zero-order valence-corrected chi connectivity index (χ0v) is 9.95. The van der Waals surface area contributed by atoms with Gasteiger partial charge >= 0.3 is 5.97 Å². The van der Waals surface area contributed by atoms with Crippen molar-refractivity contribution in [2.75, 3.05) is 7.11 Å². The molecule has 0 atom stereocenters. The van der Waals surface area contributed by atoms with Gasteiger partial charge in [0.1, 0.15) is 17.5 Å². The first-order chi connectivity index (χ1) is 9.15. The lowest BCUT2D eigenvalue weighted by Crippen LogP contribution is -2.00. The largest absolute Gasteiger partial charge is 0.475 e. The Bertz CT molecular complexity index is 640. The summed E-state index contributed by atoms with van der Waals surface area (Å²) in [6.45, 7) is 0.0292. The number of oxazole rings is 1. The van der Waals surface area contributed by atoms with Gasteiger partial charge in [-0.05, 0) is 12.1 Å². The molecular formula is C12H9N3O4. The molecule has 96 valence electrons. The fourth-order valence-electron chi connectivity index (χ4n) is 1.45. The summed E-state index contributed by atoms with van der Waals surface area (Å²) in [5.74, 6) is -1.42. The van der Waals surface area contributed by atoms with Crippen molar-refractivity contribution in [3.05, 3.63) is 35.3 Å². The molecule has 0 aromatic carbocycles. The fourth-order valence-corrected chi connectivity index (χ4v) is 1.45. The first-order valence-electron chi connectivity index (χ1n) is 5.24. The van der Waals surface area contributed by atoms with Crippen molar-refractivity contribution in [3.63, 3.8) is 0 Å². The summed E-state index contributed by atoms with van der Waals surface area (Å²) in [5.41, 5.74) is 0.936. The molecule has 2 aromatic heterocycles. The van der Waals surface area contributed by atoms with Crippen LogP contribution in [0.2, 0.25) is 0 Å². The highest BCUT2D eigenvalue weighted by Crippen LogP contribution is 2.21. The fraction of sp³-hybridized carbons (Fsp3) is 0.167. The van der Waals surface area contributed by atoms with E-state index in [4.69, 9.17) is 19.5 Å². The Balaban J connectivity index is 2.42. The smallest absolute Gasteiger partial charge is 0.373 e. The Kier molecular flexibility index (Phi) is 3.54. The number of carboxylic acids is 1. The molecular weight excluding hydrogens is 250 g/mol. The number of carbonyl (C=O) groups is 1. The van der Waals surface area contributed by atoms with Crippen LogP contribution in [0, 0.1) is 11.3 Å². The first-order valence-corrected chi connectivity index (χ1v) is 5.24. The minimum absolute atomic E-state index is 0.0292. The summed E-state index contributed by atoms with van der Waals surface area (Å²) >= 11 is 0. The molecule has 2 rings (SSSR count). The zero-order chi connectivity index (χ0) is 13.8. The number of nitriles is 1. The number of aromatic carboxylic acids is 1. The molecule has 0 radical (unpaired) electrons. The molecule has 0 unspecified atom stereocenters. The number of rotatable bonds is 4. The van der Waals surface area contributed by atoms with Crippen LogP contribution in [-0.2, 0) is 11.3 Å². The highest BCUT2D eigenvalue weighted by atomic mass is 16.5. The molecule has 0 aliphatic carbocycles. The van der Waals surface area contributed by atoms with Crippen molar-refractivity contribution in [1.82, 2.24) is 9.97 Å². The number of aromatic nitrogens is 2. The van der Waals surface area contributed by atoms with Crippen LogP contribution in [0.3, 0.4) is 0 Å². The van der Waals surface area contributed by atoms with Crippen molar-refractivity contribution in [3.8, 4) is 17.7 Å². The molecule has 0 saturated heterocycles. The monoisotopic (exact) mass is 259 g/mol. The SMILES string of the molecule is COCc1nc(-c2ccc(C#N)cn2)oc1C(=O)O. The van der Waals surface area contributed by atoms with Gasteiger partial charge in [0.25, 0.3) is 0 Å². The van der Waals surface area contributed by atoms with Crippen LogP contribution in [0.25, 0.3) is 11.6 Å². The summed E-state index contributed by atoms with van der Waals surface area (Å²) in [4.78, 5) is 19.0. The molecule has 0 aliphatic heterocycles. The summed E-state index contributed by atoms with van der Waals surface area (Å²) in [7, 11) is 1.43. The van der Waals surface area contributed by atoms with Crippen LogP contribution in [0.5, 0.6) is 0 Å². The molecule has 0 spiro atoms. The second kappa shape index (κ2) is 5.29. The van der Waals surface area contributed by atoms with E-state index >= 15 is 0 Å². The van der Waals surface area contributed by atoms with E-state index in [1.54, 1.807) is 6.07 Å². The lowest BCUT2D eigenvalue weighted by Gasteiger charge is -1.93. The number of nitrogens with zero attached hydrogens (tertiary/aromatic N) is 3. The van der Waals surface area contributed by atoms with Gasteiger partial charge in [-0.15, -0.1) is 0 Å². The maximum atomic E-state index is 11.0. The van der Waals surface area contributed by atoms with Crippen molar-refractivity contribution >= 4 is 5.97 Å². The molecule has 2 aromatic rings. The van der Waals surface area contributed by atoms with Crippen LogP contribution < -0.4 is 0 Å². The number of ether oxygens (including phenoxy) is 1. The Hall–Kier alpha value is -2.72. The molecule has 19 heavy (non-hydrogen) atoms. The Morgan fingerprint density at radius 3 is 2.89 bits per heavy atom. The second-order valence-electron chi connectivity index (χ2n) is 3.58. The Morgan fingerprint density at radius 2 is 2.37 bits per heavy atom. The third-order valence-electron chi connectivity index (χ3n) is 2.28. The third-order valence-corrected chi connectivity index (χ3v) is 2.28. The van der Waals surface area contributed by atoms with E-state index < -0.39 is 5.97 Å². The predicted molar refractivity (Wildman–Crippen MR) is 62.1 cm³/mol. The maximum absolute atomic E-state index is 11.0. The van der Waals surface area contributed by atoms with E-state index in [1.165, 1.54) is 19.4 Å². The van der Waals surface area contributed by atoms with Gasteiger partial charge in [-0.25, -0.2) is 14.8 Å². The predicted octanol–water partition coefficient (Wildman–Crippen LogP) is 1.45. The van der Waals surface area contributed by atoms with Gasteiger partial charge in [0.15, 0.2) is 0 Å². The van der Waals surface area contributed by atoms with Crippen molar-refractivity contribution in [1.29, 1.82) is 5.26 Å². The van der Waals surface area contributed by atoms with Crippen LogP contribution in [0.1, 0.15) is 21.8 Å².